The van der Waals surface area contributed by atoms with Gasteiger partial charge in [0.1, 0.15) is 5.82 Å². The number of anilines is 1. The van der Waals surface area contributed by atoms with Gasteiger partial charge in [-0.1, -0.05) is 30.0 Å². The second-order valence-corrected chi connectivity index (χ2v) is 9.86. The van der Waals surface area contributed by atoms with Gasteiger partial charge in [-0.15, -0.1) is 11.3 Å². The fraction of sp³-hybridized carbons (Fsp3) is 0.261. The van der Waals surface area contributed by atoms with Gasteiger partial charge in [0.15, 0.2) is 5.16 Å². The Morgan fingerprint density at radius 2 is 2.03 bits per heavy atom. The van der Waals surface area contributed by atoms with Crippen LogP contribution < -0.4 is 10.9 Å². The molecule has 0 radical (unpaired) electrons. The van der Waals surface area contributed by atoms with Crippen molar-refractivity contribution >= 4 is 40.6 Å². The van der Waals surface area contributed by atoms with Crippen LogP contribution in [0.1, 0.15) is 42.7 Å². The van der Waals surface area contributed by atoms with Gasteiger partial charge in [0.05, 0.1) is 28.1 Å². The number of thioether (sulfide) groups is 1. The quantitative estimate of drug-likeness (QED) is 0.156. The molecule has 0 amide bonds. The molecule has 0 saturated heterocycles. The monoisotopic (exact) mass is 498 g/mol. The predicted octanol–water partition coefficient (Wildman–Crippen LogP) is 4.81. The number of hydrogen-bond acceptors (Lipinski definition) is 9. The van der Waals surface area contributed by atoms with Crippen molar-refractivity contribution in [1.82, 2.24) is 9.97 Å². The molecule has 1 aliphatic rings. The fourth-order valence-electron chi connectivity index (χ4n) is 3.65. The van der Waals surface area contributed by atoms with E-state index in [-0.39, 0.29) is 17.4 Å². The highest BCUT2D eigenvalue weighted by atomic mass is 32.2. The van der Waals surface area contributed by atoms with Gasteiger partial charge in [0, 0.05) is 28.5 Å². The number of fused-ring (bicyclic) bond motifs is 1. The Balaban J connectivity index is 1.66. The lowest BCUT2D eigenvalue weighted by Gasteiger charge is -2.28. The first-order valence-electron chi connectivity index (χ1n) is 10.5. The zero-order chi connectivity index (χ0) is 24.4. The van der Waals surface area contributed by atoms with Gasteiger partial charge in [0.25, 0.3) is 11.2 Å². The molecule has 11 heteroatoms. The van der Waals surface area contributed by atoms with Crippen molar-refractivity contribution in [2.24, 2.45) is 0 Å². The van der Waals surface area contributed by atoms with Crippen LogP contribution in [0.15, 0.2) is 63.0 Å². The molecule has 0 fully saturated rings. The number of aromatic nitrogens is 2. The van der Waals surface area contributed by atoms with Crippen LogP contribution in [-0.2, 0) is 15.3 Å². The molecule has 176 valence electrons. The Bertz CT molecular complexity index is 1310. The van der Waals surface area contributed by atoms with Crippen LogP contribution in [0.5, 0.6) is 0 Å². The van der Waals surface area contributed by atoms with Crippen LogP contribution in [0, 0.1) is 10.1 Å². The number of non-ortho nitro benzene ring substituents is 1. The van der Waals surface area contributed by atoms with Gasteiger partial charge in [0.2, 0.25) is 0 Å². The van der Waals surface area contributed by atoms with Crippen molar-refractivity contribution < 1.29 is 14.5 Å². The second kappa shape index (κ2) is 9.82. The molecule has 1 atom stereocenters. The molecule has 34 heavy (non-hydrogen) atoms. The molecule has 9 nitrogen and oxygen atoms in total. The number of H-pyrrole nitrogens is 1. The molecular weight excluding hydrogens is 476 g/mol. The van der Waals surface area contributed by atoms with E-state index in [1.807, 2.05) is 17.5 Å². The average Bonchev–Trinajstić information content (AvgIpc) is 3.31. The van der Waals surface area contributed by atoms with Crippen LogP contribution in [0.3, 0.4) is 0 Å². The first-order chi connectivity index (χ1) is 16.2. The molecule has 1 aromatic carbocycles. The Morgan fingerprint density at radius 3 is 2.65 bits per heavy atom. The highest BCUT2D eigenvalue weighted by molar-refractivity contribution is 7.98. The molecule has 1 unspecified atom stereocenters. The Hall–Kier alpha value is -3.44. The van der Waals surface area contributed by atoms with Crippen molar-refractivity contribution in [2.75, 3.05) is 5.32 Å². The topological polar surface area (TPSA) is 127 Å². The van der Waals surface area contributed by atoms with Gasteiger partial charge in [-0.05, 0) is 37.8 Å². The lowest BCUT2D eigenvalue weighted by molar-refractivity contribution is -0.384. The summed E-state index contributed by atoms with van der Waals surface area (Å²) >= 11 is 2.76. The largest absolute Gasteiger partial charge is 0.460 e. The van der Waals surface area contributed by atoms with Crippen LogP contribution >= 0.6 is 23.1 Å². The molecule has 0 aliphatic carbocycles. The Morgan fingerprint density at radius 1 is 1.29 bits per heavy atom. The Labute approximate surface area is 203 Å². The van der Waals surface area contributed by atoms with Crippen molar-refractivity contribution in [2.45, 2.75) is 43.7 Å². The van der Waals surface area contributed by atoms with Gasteiger partial charge in [-0.25, -0.2) is 9.78 Å². The number of hydrogen-bond donors (Lipinski definition) is 2. The van der Waals surface area contributed by atoms with Crippen LogP contribution in [-0.4, -0.2) is 27.0 Å². The lowest BCUT2D eigenvalue weighted by Crippen LogP contribution is -2.31. The number of nitro benzene ring substituents is 1. The number of nitro groups is 1. The number of allylic oxidation sites excluding steroid dienone is 1. The van der Waals surface area contributed by atoms with E-state index in [1.165, 1.54) is 35.2 Å². The van der Waals surface area contributed by atoms with Gasteiger partial charge in [-0.2, -0.15) is 0 Å². The van der Waals surface area contributed by atoms with Crippen LogP contribution in [0.4, 0.5) is 11.5 Å². The SMILES string of the molecule is CC1=C(C(=O)OC(C)C)C(c2cccs2)c2c(nc(SCc3ccc([N+](=O)[O-])cc3)[nH]c2=O)N1. The zero-order valence-electron chi connectivity index (χ0n) is 18.7. The van der Waals surface area contributed by atoms with Crippen LogP contribution in [0.25, 0.3) is 0 Å². The molecule has 0 spiro atoms. The number of nitrogens with one attached hydrogen (secondary N) is 2. The van der Waals surface area contributed by atoms with Gasteiger partial charge < -0.3 is 15.0 Å². The van der Waals surface area contributed by atoms with E-state index in [1.54, 1.807) is 32.9 Å². The summed E-state index contributed by atoms with van der Waals surface area (Å²) in [6.07, 6.45) is -0.298. The van der Waals surface area contributed by atoms with Crippen molar-refractivity contribution in [1.29, 1.82) is 0 Å². The Kier molecular flexibility index (Phi) is 6.85. The summed E-state index contributed by atoms with van der Waals surface area (Å²) in [5.74, 6) is -0.200. The predicted molar refractivity (Wildman–Crippen MR) is 131 cm³/mol. The lowest BCUT2D eigenvalue weighted by atomic mass is 9.86. The van der Waals surface area contributed by atoms with E-state index < -0.39 is 16.8 Å². The minimum absolute atomic E-state index is 0.0203. The maximum Gasteiger partial charge on any atom is 0.337 e. The average molecular weight is 499 g/mol. The number of ether oxygens (including phenoxy) is 1. The third kappa shape index (κ3) is 4.90. The van der Waals surface area contributed by atoms with E-state index in [2.05, 4.69) is 15.3 Å². The van der Waals surface area contributed by atoms with E-state index in [4.69, 9.17) is 4.74 Å². The molecular formula is C23H22N4O5S2. The number of carbonyl (C=O) groups excluding carboxylic acids is 1. The summed E-state index contributed by atoms with van der Waals surface area (Å²) < 4.78 is 5.47. The number of rotatable bonds is 7. The number of benzene rings is 1. The highest BCUT2D eigenvalue weighted by Crippen LogP contribution is 2.41. The summed E-state index contributed by atoms with van der Waals surface area (Å²) in [4.78, 5) is 44.8. The normalized spacial score (nSPS) is 15.1. The maximum atomic E-state index is 13.2. The summed E-state index contributed by atoms with van der Waals surface area (Å²) in [7, 11) is 0. The molecule has 2 N–H and O–H groups in total. The van der Waals surface area contributed by atoms with Gasteiger partial charge in [-0.3, -0.25) is 14.9 Å². The molecule has 4 rings (SSSR count). The highest BCUT2D eigenvalue weighted by Gasteiger charge is 2.37. The van der Waals surface area contributed by atoms with E-state index in [9.17, 15) is 19.7 Å². The fourth-order valence-corrected chi connectivity index (χ4v) is 5.31. The summed E-state index contributed by atoms with van der Waals surface area (Å²) in [6.45, 7) is 5.33. The molecule has 1 aliphatic heterocycles. The first-order valence-corrected chi connectivity index (χ1v) is 12.3. The third-order valence-corrected chi connectivity index (χ3v) is 7.02. The van der Waals surface area contributed by atoms with Gasteiger partial charge >= 0.3 is 5.97 Å². The van der Waals surface area contributed by atoms with Crippen molar-refractivity contribution in [3.8, 4) is 0 Å². The number of nitrogens with zero attached hydrogens (tertiary/aromatic N) is 2. The van der Waals surface area contributed by atoms with Crippen molar-refractivity contribution in [3.63, 3.8) is 0 Å². The molecule has 0 bridgehead atoms. The van der Waals surface area contributed by atoms with E-state index in [0.29, 0.717) is 33.6 Å². The standard InChI is InChI=1S/C23H22N4O5S2/c1-12(2)32-22(29)17-13(3)24-20-19(18(17)16-5-4-10-33-16)21(28)26-23(25-20)34-11-14-6-8-15(9-7-14)27(30)31/h4-10,12,18H,11H2,1-3H3,(H2,24,25,26,28). The smallest absolute Gasteiger partial charge is 0.337 e. The minimum atomic E-state index is -0.590. The second-order valence-electron chi connectivity index (χ2n) is 7.91. The number of esters is 1. The van der Waals surface area contributed by atoms with E-state index >= 15 is 0 Å². The molecule has 0 saturated carbocycles. The summed E-state index contributed by atoms with van der Waals surface area (Å²) in [6, 6.07) is 9.99. The zero-order valence-corrected chi connectivity index (χ0v) is 20.3. The number of aromatic amines is 1. The van der Waals surface area contributed by atoms with Crippen molar-refractivity contribution in [3.05, 3.63) is 89.5 Å². The van der Waals surface area contributed by atoms with E-state index in [0.717, 1.165) is 10.4 Å². The molecule has 2 aromatic heterocycles. The molecule has 3 aromatic rings. The summed E-state index contributed by atoms with van der Waals surface area (Å²) in [5, 5.41) is 16.3. The maximum absolute atomic E-state index is 13.2. The minimum Gasteiger partial charge on any atom is -0.460 e. The van der Waals surface area contributed by atoms with Crippen LogP contribution in [0.2, 0.25) is 0 Å². The first kappa shape index (κ1) is 23.7. The summed E-state index contributed by atoms with van der Waals surface area (Å²) in [5.41, 5.74) is 1.87. The number of carbonyl (C=O) groups is 1. The number of thiophene rings is 1. The molecule has 3 heterocycles. The third-order valence-electron chi connectivity index (χ3n) is 5.13.